The number of aromatic nitrogens is 1. The van der Waals surface area contributed by atoms with Gasteiger partial charge < -0.3 is 0 Å². The number of hydrogen-bond acceptors (Lipinski definition) is 2. The summed E-state index contributed by atoms with van der Waals surface area (Å²) in [5.74, 6) is 0.238. The van der Waals surface area contributed by atoms with E-state index in [1.54, 1.807) is 12.4 Å². The summed E-state index contributed by atoms with van der Waals surface area (Å²) in [6.07, 6.45) is 4.87. The SMILES string of the molecule is CC(C(=O)CCc1ccccc1)c1ccncc1. The van der Waals surface area contributed by atoms with E-state index in [1.807, 2.05) is 37.3 Å². The van der Waals surface area contributed by atoms with E-state index in [9.17, 15) is 4.79 Å². The summed E-state index contributed by atoms with van der Waals surface area (Å²) in [7, 11) is 0. The van der Waals surface area contributed by atoms with E-state index in [0.717, 1.165) is 12.0 Å². The number of nitrogens with zero attached hydrogens (tertiary/aromatic N) is 1. The van der Waals surface area contributed by atoms with Gasteiger partial charge in [0.15, 0.2) is 0 Å². The Kier molecular flexibility index (Phi) is 4.24. The lowest BCUT2D eigenvalue weighted by molar-refractivity contribution is -0.120. The van der Waals surface area contributed by atoms with Crippen LogP contribution in [-0.2, 0) is 11.2 Å². The zero-order chi connectivity index (χ0) is 12.8. The van der Waals surface area contributed by atoms with Crippen molar-refractivity contribution in [2.24, 2.45) is 0 Å². The second kappa shape index (κ2) is 6.10. The Balaban J connectivity index is 1.93. The number of pyridine rings is 1. The summed E-state index contributed by atoms with van der Waals surface area (Å²) in [5.41, 5.74) is 2.26. The minimum Gasteiger partial charge on any atom is -0.299 e. The van der Waals surface area contributed by atoms with E-state index < -0.39 is 0 Å². The van der Waals surface area contributed by atoms with Crippen LogP contribution in [-0.4, -0.2) is 10.8 Å². The van der Waals surface area contributed by atoms with Gasteiger partial charge in [0.1, 0.15) is 5.78 Å². The van der Waals surface area contributed by atoms with E-state index in [1.165, 1.54) is 5.56 Å². The van der Waals surface area contributed by atoms with Crippen LogP contribution < -0.4 is 0 Å². The third kappa shape index (κ3) is 3.27. The van der Waals surface area contributed by atoms with Crippen molar-refractivity contribution in [3.8, 4) is 0 Å². The lowest BCUT2D eigenvalue weighted by Crippen LogP contribution is -2.10. The van der Waals surface area contributed by atoms with Crippen LogP contribution in [0.4, 0.5) is 0 Å². The van der Waals surface area contributed by atoms with Crippen LogP contribution in [0.3, 0.4) is 0 Å². The molecular formula is C16H17NO. The van der Waals surface area contributed by atoms with E-state index in [-0.39, 0.29) is 11.7 Å². The van der Waals surface area contributed by atoms with Gasteiger partial charge in [-0.25, -0.2) is 0 Å². The zero-order valence-corrected chi connectivity index (χ0v) is 10.5. The van der Waals surface area contributed by atoms with Gasteiger partial charge in [-0.3, -0.25) is 9.78 Å². The highest BCUT2D eigenvalue weighted by Gasteiger charge is 2.14. The van der Waals surface area contributed by atoms with Crippen LogP contribution in [0.1, 0.15) is 30.4 Å². The van der Waals surface area contributed by atoms with Crippen molar-refractivity contribution in [2.75, 3.05) is 0 Å². The molecule has 0 spiro atoms. The molecule has 0 saturated carbocycles. The fourth-order valence-corrected chi connectivity index (χ4v) is 1.97. The first-order chi connectivity index (χ1) is 8.77. The molecule has 1 atom stereocenters. The Hall–Kier alpha value is -1.96. The maximum atomic E-state index is 12.1. The molecule has 92 valence electrons. The molecule has 2 aromatic rings. The monoisotopic (exact) mass is 239 g/mol. The second-order valence-corrected chi connectivity index (χ2v) is 4.45. The fourth-order valence-electron chi connectivity index (χ4n) is 1.97. The van der Waals surface area contributed by atoms with Gasteiger partial charge in [0.2, 0.25) is 0 Å². The number of aryl methyl sites for hydroxylation is 1. The van der Waals surface area contributed by atoms with Crippen molar-refractivity contribution in [2.45, 2.75) is 25.7 Å². The topological polar surface area (TPSA) is 30.0 Å². The van der Waals surface area contributed by atoms with Crippen molar-refractivity contribution >= 4 is 5.78 Å². The zero-order valence-electron chi connectivity index (χ0n) is 10.5. The standard InChI is InChI=1S/C16H17NO/c1-13(15-9-11-17-12-10-15)16(18)8-7-14-5-3-2-4-6-14/h2-6,9-13H,7-8H2,1H3. The number of hydrogen-bond donors (Lipinski definition) is 0. The summed E-state index contributed by atoms with van der Waals surface area (Å²) in [4.78, 5) is 16.1. The average Bonchev–Trinajstić information content (AvgIpc) is 2.46. The molecule has 0 saturated heterocycles. The maximum absolute atomic E-state index is 12.1. The molecule has 2 rings (SSSR count). The van der Waals surface area contributed by atoms with Gasteiger partial charge in [-0.05, 0) is 29.7 Å². The predicted molar refractivity (Wildman–Crippen MR) is 72.4 cm³/mol. The Bertz CT molecular complexity index is 493. The Morgan fingerprint density at radius 2 is 1.78 bits per heavy atom. The van der Waals surface area contributed by atoms with Crippen LogP contribution >= 0.6 is 0 Å². The minimum atomic E-state index is -0.0447. The minimum absolute atomic E-state index is 0.0447. The third-order valence-electron chi connectivity index (χ3n) is 3.19. The molecular weight excluding hydrogens is 222 g/mol. The van der Waals surface area contributed by atoms with Crippen LogP contribution in [0.25, 0.3) is 0 Å². The van der Waals surface area contributed by atoms with E-state index in [0.29, 0.717) is 6.42 Å². The normalized spacial score (nSPS) is 12.1. The lowest BCUT2D eigenvalue weighted by Gasteiger charge is -2.10. The highest BCUT2D eigenvalue weighted by molar-refractivity contribution is 5.85. The quantitative estimate of drug-likeness (QED) is 0.800. The molecule has 2 nitrogen and oxygen atoms in total. The number of benzene rings is 1. The summed E-state index contributed by atoms with van der Waals surface area (Å²) in [6.45, 7) is 1.96. The summed E-state index contributed by atoms with van der Waals surface area (Å²) in [5, 5.41) is 0. The summed E-state index contributed by atoms with van der Waals surface area (Å²) in [6, 6.07) is 13.9. The molecule has 1 heterocycles. The number of carbonyl (C=O) groups excluding carboxylic acids is 1. The van der Waals surface area contributed by atoms with Crippen molar-refractivity contribution in [1.82, 2.24) is 4.98 Å². The Labute approximate surface area is 108 Å². The number of carbonyl (C=O) groups is 1. The first-order valence-electron chi connectivity index (χ1n) is 6.24. The number of ketones is 1. The third-order valence-corrected chi connectivity index (χ3v) is 3.19. The molecule has 1 unspecified atom stereocenters. The lowest BCUT2D eigenvalue weighted by atomic mass is 9.94. The molecule has 0 amide bonds. The van der Waals surface area contributed by atoms with Gasteiger partial charge in [-0.2, -0.15) is 0 Å². The molecule has 0 N–H and O–H groups in total. The van der Waals surface area contributed by atoms with Crippen LogP contribution in [0.2, 0.25) is 0 Å². The molecule has 1 aromatic carbocycles. The van der Waals surface area contributed by atoms with Gasteiger partial charge in [-0.1, -0.05) is 37.3 Å². The molecule has 0 fully saturated rings. The molecule has 0 aliphatic heterocycles. The van der Waals surface area contributed by atoms with Crippen molar-refractivity contribution in [1.29, 1.82) is 0 Å². The van der Waals surface area contributed by atoms with Crippen LogP contribution in [0.15, 0.2) is 54.9 Å². The first-order valence-corrected chi connectivity index (χ1v) is 6.24. The Morgan fingerprint density at radius 1 is 1.11 bits per heavy atom. The van der Waals surface area contributed by atoms with E-state index in [2.05, 4.69) is 17.1 Å². The smallest absolute Gasteiger partial charge is 0.140 e. The number of Topliss-reactive ketones (excluding diaryl/α,β-unsaturated/α-hetero) is 1. The molecule has 18 heavy (non-hydrogen) atoms. The van der Waals surface area contributed by atoms with Crippen molar-refractivity contribution in [3.63, 3.8) is 0 Å². The molecule has 0 aliphatic rings. The number of rotatable bonds is 5. The maximum Gasteiger partial charge on any atom is 0.140 e. The van der Waals surface area contributed by atoms with Gasteiger partial charge in [-0.15, -0.1) is 0 Å². The highest BCUT2D eigenvalue weighted by Crippen LogP contribution is 2.17. The van der Waals surface area contributed by atoms with Gasteiger partial charge in [0.05, 0.1) is 0 Å². The highest BCUT2D eigenvalue weighted by atomic mass is 16.1. The fraction of sp³-hybridized carbons (Fsp3) is 0.250. The largest absolute Gasteiger partial charge is 0.299 e. The summed E-state index contributed by atoms with van der Waals surface area (Å²) >= 11 is 0. The molecule has 1 aromatic heterocycles. The van der Waals surface area contributed by atoms with Crippen LogP contribution in [0.5, 0.6) is 0 Å². The summed E-state index contributed by atoms with van der Waals surface area (Å²) < 4.78 is 0. The van der Waals surface area contributed by atoms with Gasteiger partial charge in [0, 0.05) is 24.7 Å². The second-order valence-electron chi connectivity index (χ2n) is 4.45. The van der Waals surface area contributed by atoms with E-state index in [4.69, 9.17) is 0 Å². The van der Waals surface area contributed by atoms with Crippen molar-refractivity contribution in [3.05, 3.63) is 66.0 Å². The Morgan fingerprint density at radius 3 is 2.44 bits per heavy atom. The first kappa shape index (κ1) is 12.5. The van der Waals surface area contributed by atoms with Crippen molar-refractivity contribution < 1.29 is 4.79 Å². The van der Waals surface area contributed by atoms with Crippen LogP contribution in [0, 0.1) is 0 Å². The molecule has 0 aliphatic carbocycles. The van der Waals surface area contributed by atoms with E-state index >= 15 is 0 Å². The molecule has 0 bridgehead atoms. The van der Waals surface area contributed by atoms with Gasteiger partial charge >= 0.3 is 0 Å². The predicted octanol–water partition coefficient (Wildman–Crippen LogP) is 3.39. The molecule has 0 radical (unpaired) electrons. The average molecular weight is 239 g/mol. The van der Waals surface area contributed by atoms with Gasteiger partial charge in [0.25, 0.3) is 0 Å². The molecule has 2 heteroatoms.